The summed E-state index contributed by atoms with van der Waals surface area (Å²) in [5.74, 6) is -1.07. The van der Waals surface area contributed by atoms with Gasteiger partial charge in [-0.2, -0.15) is 0 Å². The van der Waals surface area contributed by atoms with Crippen molar-refractivity contribution >= 4 is 5.97 Å². The minimum atomic E-state index is -1.67. The van der Waals surface area contributed by atoms with Crippen LogP contribution in [0.15, 0.2) is 0 Å². The van der Waals surface area contributed by atoms with Crippen molar-refractivity contribution in [3.63, 3.8) is 0 Å². The number of hydrogen-bond acceptors (Lipinski definition) is 9. The number of unbranched alkanes of at least 4 members (excludes halogenated alkanes) is 1. The van der Waals surface area contributed by atoms with E-state index in [2.05, 4.69) is 5.32 Å². The number of aliphatic hydroxyl groups is 5. The van der Waals surface area contributed by atoms with Gasteiger partial charge in [-0.1, -0.05) is 0 Å². The Bertz CT molecular complexity index is 375. The molecule has 0 saturated heterocycles. The van der Waals surface area contributed by atoms with Gasteiger partial charge >= 0.3 is 5.97 Å². The number of aliphatic carboxylic acids is 1. The summed E-state index contributed by atoms with van der Waals surface area (Å²) in [5, 5.41) is 58.9. The van der Waals surface area contributed by atoms with Crippen molar-refractivity contribution in [2.24, 2.45) is 11.5 Å². The Kier molecular flexibility index (Phi) is 12.1. The van der Waals surface area contributed by atoms with Gasteiger partial charge in [0.1, 0.15) is 23.9 Å². The van der Waals surface area contributed by atoms with Gasteiger partial charge in [-0.15, -0.1) is 0 Å². The number of rotatable bonds is 15. The van der Waals surface area contributed by atoms with Gasteiger partial charge in [-0.3, -0.25) is 4.79 Å². The molecule has 0 aromatic rings. The Balaban J connectivity index is 4.15. The zero-order valence-electron chi connectivity index (χ0n) is 14.4. The van der Waals surface area contributed by atoms with E-state index in [0.717, 1.165) is 0 Å². The SMILES string of the molecule is NCCCC[C@@](N)(CCCNC[C@H](O)[C@@H](O)[C@H](O)[C@H](O)CO)C(=O)O. The summed E-state index contributed by atoms with van der Waals surface area (Å²) < 4.78 is 0. The van der Waals surface area contributed by atoms with E-state index < -0.39 is 42.5 Å². The number of aliphatic hydroxyl groups excluding tert-OH is 5. The zero-order chi connectivity index (χ0) is 19.5. The second kappa shape index (κ2) is 12.5. The molecule has 0 aliphatic rings. The third-order valence-electron chi connectivity index (χ3n) is 4.16. The van der Waals surface area contributed by atoms with E-state index in [9.17, 15) is 30.3 Å². The van der Waals surface area contributed by atoms with E-state index in [1.807, 2.05) is 0 Å². The maximum atomic E-state index is 11.3. The highest BCUT2D eigenvalue weighted by Crippen LogP contribution is 2.18. The van der Waals surface area contributed by atoms with Crippen molar-refractivity contribution in [2.75, 3.05) is 26.2 Å². The fourth-order valence-electron chi connectivity index (χ4n) is 2.39. The predicted octanol–water partition coefficient (Wildman–Crippen LogP) is -3.30. The maximum Gasteiger partial charge on any atom is 0.323 e. The van der Waals surface area contributed by atoms with E-state index in [1.165, 1.54) is 0 Å². The highest BCUT2D eigenvalue weighted by atomic mass is 16.4. The van der Waals surface area contributed by atoms with E-state index in [-0.39, 0.29) is 13.0 Å². The first-order valence-electron chi connectivity index (χ1n) is 8.45. The predicted molar refractivity (Wildman–Crippen MR) is 90.7 cm³/mol. The van der Waals surface area contributed by atoms with Crippen molar-refractivity contribution in [2.45, 2.75) is 62.1 Å². The molecule has 5 atom stereocenters. The quantitative estimate of drug-likeness (QED) is 0.132. The molecule has 0 rings (SSSR count). The average molecular weight is 367 g/mol. The average Bonchev–Trinajstić information content (AvgIpc) is 2.59. The fourth-order valence-corrected chi connectivity index (χ4v) is 2.39. The molecular weight excluding hydrogens is 334 g/mol. The molecule has 11 N–H and O–H groups in total. The zero-order valence-corrected chi connectivity index (χ0v) is 14.4. The lowest BCUT2D eigenvalue weighted by molar-refractivity contribution is -0.144. The van der Waals surface area contributed by atoms with Gasteiger partial charge in [-0.25, -0.2) is 0 Å². The lowest BCUT2D eigenvalue weighted by atomic mass is 9.88. The summed E-state index contributed by atoms with van der Waals surface area (Å²) in [7, 11) is 0. The van der Waals surface area contributed by atoms with Crippen LogP contribution in [0, 0.1) is 0 Å². The molecule has 0 aromatic carbocycles. The van der Waals surface area contributed by atoms with Crippen molar-refractivity contribution in [3.05, 3.63) is 0 Å². The summed E-state index contributed by atoms with van der Waals surface area (Å²) in [6, 6.07) is 0. The molecule has 0 amide bonds. The Hall–Kier alpha value is -0.850. The normalized spacial score (nSPS) is 19.0. The van der Waals surface area contributed by atoms with Crippen LogP contribution in [0.2, 0.25) is 0 Å². The number of carboxylic acid groups (broad SMARTS) is 1. The van der Waals surface area contributed by atoms with Crippen molar-refractivity contribution < 1.29 is 35.4 Å². The maximum absolute atomic E-state index is 11.3. The first kappa shape index (κ1) is 24.1. The summed E-state index contributed by atoms with van der Waals surface area (Å²) in [5.41, 5.74) is 9.98. The first-order valence-corrected chi connectivity index (χ1v) is 8.45. The molecule has 0 bridgehead atoms. The van der Waals surface area contributed by atoms with Crippen LogP contribution in [-0.2, 0) is 4.79 Å². The van der Waals surface area contributed by atoms with Gasteiger partial charge in [0, 0.05) is 6.54 Å². The molecule has 10 nitrogen and oxygen atoms in total. The third-order valence-corrected chi connectivity index (χ3v) is 4.16. The van der Waals surface area contributed by atoms with Crippen LogP contribution in [0.5, 0.6) is 0 Å². The topological polar surface area (TPSA) is 203 Å². The summed E-state index contributed by atoms with van der Waals surface area (Å²) in [4.78, 5) is 11.3. The molecule has 0 saturated carbocycles. The fraction of sp³-hybridized carbons (Fsp3) is 0.933. The molecular formula is C15H33N3O7. The second-order valence-corrected chi connectivity index (χ2v) is 6.31. The van der Waals surface area contributed by atoms with E-state index in [4.69, 9.17) is 16.6 Å². The highest BCUT2D eigenvalue weighted by Gasteiger charge is 2.33. The lowest BCUT2D eigenvalue weighted by Crippen LogP contribution is -2.50. The Morgan fingerprint density at radius 1 is 1.00 bits per heavy atom. The van der Waals surface area contributed by atoms with Crippen LogP contribution in [0.1, 0.15) is 32.1 Å². The summed E-state index contributed by atoms with van der Waals surface area (Å²) in [6.07, 6.45) is -3.87. The number of carboxylic acids is 1. The van der Waals surface area contributed by atoms with Crippen molar-refractivity contribution in [1.82, 2.24) is 5.32 Å². The molecule has 0 aliphatic carbocycles. The second-order valence-electron chi connectivity index (χ2n) is 6.31. The standard InChI is InChI=1S/C15H33N3O7/c16-6-2-1-4-15(17,14(24)25)5-3-7-18-8-10(20)12(22)13(23)11(21)9-19/h10-13,18-23H,1-9,16-17H2,(H,24,25)/t10-,11+,12+,13+,15+/m0/s1. The number of carbonyl (C=O) groups is 1. The van der Waals surface area contributed by atoms with Gasteiger partial charge in [0.25, 0.3) is 0 Å². The van der Waals surface area contributed by atoms with E-state index >= 15 is 0 Å². The largest absolute Gasteiger partial charge is 0.480 e. The van der Waals surface area contributed by atoms with Crippen LogP contribution in [0.3, 0.4) is 0 Å². The minimum absolute atomic E-state index is 0.0752. The molecule has 0 unspecified atom stereocenters. The Labute approximate surface area is 147 Å². The molecule has 25 heavy (non-hydrogen) atoms. The Morgan fingerprint density at radius 2 is 1.56 bits per heavy atom. The van der Waals surface area contributed by atoms with Crippen LogP contribution < -0.4 is 16.8 Å². The van der Waals surface area contributed by atoms with Crippen LogP contribution >= 0.6 is 0 Å². The van der Waals surface area contributed by atoms with Gasteiger partial charge in [0.05, 0.1) is 12.7 Å². The molecule has 0 fully saturated rings. The van der Waals surface area contributed by atoms with Gasteiger partial charge < -0.3 is 47.4 Å². The third kappa shape index (κ3) is 8.88. The Morgan fingerprint density at radius 3 is 2.08 bits per heavy atom. The van der Waals surface area contributed by atoms with E-state index in [1.54, 1.807) is 0 Å². The molecule has 150 valence electrons. The highest BCUT2D eigenvalue weighted by molar-refractivity contribution is 5.78. The van der Waals surface area contributed by atoms with Crippen LogP contribution in [-0.4, -0.2) is 92.8 Å². The van der Waals surface area contributed by atoms with Gasteiger partial charge in [0.2, 0.25) is 0 Å². The molecule has 0 spiro atoms. The van der Waals surface area contributed by atoms with Crippen molar-refractivity contribution in [1.29, 1.82) is 0 Å². The molecule has 0 heterocycles. The van der Waals surface area contributed by atoms with E-state index in [0.29, 0.717) is 38.8 Å². The smallest absolute Gasteiger partial charge is 0.323 e. The molecule has 10 heteroatoms. The molecule has 0 aromatic heterocycles. The lowest BCUT2D eigenvalue weighted by Gasteiger charge is -2.26. The van der Waals surface area contributed by atoms with Gasteiger partial charge in [0.15, 0.2) is 0 Å². The minimum Gasteiger partial charge on any atom is -0.480 e. The monoisotopic (exact) mass is 367 g/mol. The van der Waals surface area contributed by atoms with Crippen molar-refractivity contribution in [3.8, 4) is 0 Å². The van der Waals surface area contributed by atoms with Gasteiger partial charge in [-0.05, 0) is 45.2 Å². The molecule has 0 aliphatic heterocycles. The number of nitrogens with two attached hydrogens (primary N) is 2. The summed E-state index contributed by atoms with van der Waals surface area (Å²) in [6.45, 7) is 0.0182. The summed E-state index contributed by atoms with van der Waals surface area (Å²) >= 11 is 0. The number of hydrogen-bond donors (Lipinski definition) is 9. The molecule has 0 radical (unpaired) electrons. The number of nitrogens with one attached hydrogen (secondary N) is 1. The first-order chi connectivity index (χ1) is 11.7. The van der Waals surface area contributed by atoms with Crippen LogP contribution in [0.25, 0.3) is 0 Å². The van der Waals surface area contributed by atoms with Crippen LogP contribution in [0.4, 0.5) is 0 Å².